The summed E-state index contributed by atoms with van der Waals surface area (Å²) in [6, 6.07) is 0. The van der Waals surface area contributed by atoms with Crippen molar-refractivity contribution in [2.24, 2.45) is 0 Å². The molecule has 0 atom stereocenters. The highest BCUT2D eigenvalue weighted by atomic mass is 32.2. The third-order valence-corrected chi connectivity index (χ3v) is 2.73. The van der Waals surface area contributed by atoms with E-state index in [4.69, 9.17) is 9.66 Å². The van der Waals surface area contributed by atoms with Crippen LogP contribution < -0.4 is 0 Å². The predicted octanol–water partition coefficient (Wildman–Crippen LogP) is 1.99. The molecule has 0 aromatic carbocycles. The van der Waals surface area contributed by atoms with Crippen LogP contribution in [0.2, 0.25) is 0 Å². The molecule has 0 radical (unpaired) electrons. The minimum absolute atomic E-state index is 0.137. The summed E-state index contributed by atoms with van der Waals surface area (Å²) in [5, 5.41) is 7.88. The summed E-state index contributed by atoms with van der Waals surface area (Å²) in [7, 11) is -5.32. The fourth-order valence-electron chi connectivity index (χ4n) is 0.878. The van der Waals surface area contributed by atoms with E-state index in [9.17, 15) is 26.0 Å². The van der Waals surface area contributed by atoms with Crippen molar-refractivity contribution in [3.63, 3.8) is 0 Å². The first kappa shape index (κ1) is 17.1. The van der Waals surface area contributed by atoms with E-state index < -0.39 is 26.9 Å². The van der Waals surface area contributed by atoms with Crippen molar-refractivity contribution in [3.8, 4) is 0 Å². The maximum atomic E-state index is 12.7. The van der Waals surface area contributed by atoms with Crippen molar-refractivity contribution in [1.29, 1.82) is 0 Å². The van der Waals surface area contributed by atoms with Crippen LogP contribution in [0.4, 0.5) is 17.6 Å². The molecular weight excluding hydrogens is 280 g/mol. The number of alkyl halides is 4. The van der Waals surface area contributed by atoms with Crippen LogP contribution in [0.1, 0.15) is 13.3 Å². The van der Waals surface area contributed by atoms with Gasteiger partial charge in [0.2, 0.25) is 0 Å². The van der Waals surface area contributed by atoms with Crippen LogP contribution in [0.15, 0.2) is 23.1 Å². The van der Waals surface area contributed by atoms with Gasteiger partial charge in [0, 0.05) is 6.61 Å². The van der Waals surface area contributed by atoms with E-state index in [1.807, 2.05) is 6.92 Å². The van der Waals surface area contributed by atoms with Crippen molar-refractivity contribution in [2.45, 2.75) is 25.2 Å². The number of rotatable bonds is 2. The van der Waals surface area contributed by atoms with E-state index in [0.29, 0.717) is 12.7 Å². The Morgan fingerprint density at radius 3 is 2.00 bits per heavy atom. The van der Waals surface area contributed by atoms with Crippen molar-refractivity contribution < 1.29 is 35.6 Å². The van der Waals surface area contributed by atoms with E-state index >= 15 is 0 Å². The molecule has 0 amide bonds. The third-order valence-electron chi connectivity index (χ3n) is 1.78. The second kappa shape index (κ2) is 5.81. The van der Waals surface area contributed by atoms with E-state index in [0.717, 1.165) is 6.42 Å². The topological polar surface area (TPSA) is 74.6 Å². The lowest BCUT2D eigenvalue weighted by atomic mass is 10.1. The minimum atomic E-state index is -5.32. The summed E-state index contributed by atoms with van der Waals surface area (Å²) in [5.74, 6) is -9.54. The summed E-state index contributed by atoms with van der Waals surface area (Å²) in [6.45, 7) is 2.25. The van der Waals surface area contributed by atoms with E-state index in [1.54, 1.807) is 0 Å². The second-order valence-electron chi connectivity index (χ2n) is 3.29. The molecule has 0 aliphatic heterocycles. The first-order valence-corrected chi connectivity index (χ1v) is 6.18. The Hall–Kier alpha value is -0.930. The number of hydrogen-bond acceptors (Lipinski definition) is 3. The lowest BCUT2D eigenvalue weighted by Gasteiger charge is -2.26. The molecule has 9 heteroatoms. The Morgan fingerprint density at radius 2 is 1.72 bits per heavy atom. The van der Waals surface area contributed by atoms with Gasteiger partial charge in [-0.15, -0.1) is 0 Å². The van der Waals surface area contributed by atoms with Gasteiger partial charge in [-0.2, -0.15) is 26.0 Å². The van der Waals surface area contributed by atoms with Gasteiger partial charge in [-0.25, -0.2) is 0 Å². The Balaban J connectivity index is 0.000000631. The van der Waals surface area contributed by atoms with Crippen LogP contribution in [-0.2, 0) is 10.1 Å². The molecule has 18 heavy (non-hydrogen) atoms. The zero-order chi connectivity index (χ0) is 14.6. The number of allylic oxidation sites excluding steroid dienone is 4. The highest BCUT2D eigenvalue weighted by Gasteiger charge is 2.61. The highest BCUT2D eigenvalue weighted by Crippen LogP contribution is 2.44. The molecule has 4 nitrogen and oxygen atoms in total. The first-order valence-electron chi connectivity index (χ1n) is 4.74. The zero-order valence-electron chi connectivity index (χ0n) is 9.28. The molecule has 0 bridgehead atoms. The Labute approximate surface area is 101 Å². The predicted molar refractivity (Wildman–Crippen MR) is 56.0 cm³/mol. The van der Waals surface area contributed by atoms with Crippen LogP contribution in [0, 0.1) is 0 Å². The summed E-state index contributed by atoms with van der Waals surface area (Å²) >= 11 is 0. The Bertz CT molecular complexity index is 437. The maximum Gasteiger partial charge on any atom is 0.351 e. The summed E-state index contributed by atoms with van der Waals surface area (Å²) in [6.07, 6.45) is 1.41. The van der Waals surface area contributed by atoms with Crippen molar-refractivity contribution in [3.05, 3.63) is 23.1 Å². The molecule has 0 aromatic rings. The minimum Gasteiger partial charge on any atom is -0.396 e. The lowest BCUT2D eigenvalue weighted by Crippen LogP contribution is -2.44. The molecule has 1 rings (SSSR count). The highest BCUT2D eigenvalue weighted by molar-refractivity contribution is 7.89. The number of hydrogen-bond donors (Lipinski definition) is 2. The second-order valence-corrected chi connectivity index (χ2v) is 4.68. The van der Waals surface area contributed by atoms with E-state index in [2.05, 4.69) is 0 Å². The summed E-state index contributed by atoms with van der Waals surface area (Å²) in [4.78, 5) is -2.00. The van der Waals surface area contributed by atoms with E-state index in [1.165, 1.54) is 0 Å². The van der Waals surface area contributed by atoms with Crippen LogP contribution in [0.3, 0.4) is 0 Å². The fourth-order valence-corrected chi connectivity index (χ4v) is 1.59. The van der Waals surface area contributed by atoms with Crippen LogP contribution in [0.25, 0.3) is 0 Å². The number of halogens is 4. The monoisotopic (exact) mass is 292 g/mol. The molecule has 2 N–H and O–H groups in total. The van der Waals surface area contributed by atoms with Gasteiger partial charge in [0.15, 0.2) is 0 Å². The molecule has 0 heterocycles. The molecule has 0 unspecified atom stereocenters. The van der Waals surface area contributed by atoms with Gasteiger partial charge in [-0.05, 0) is 18.6 Å². The van der Waals surface area contributed by atoms with Crippen LogP contribution >= 0.6 is 0 Å². The molecule has 0 saturated heterocycles. The molecule has 0 saturated carbocycles. The molecule has 1 aliphatic rings. The van der Waals surface area contributed by atoms with Crippen LogP contribution in [0.5, 0.6) is 0 Å². The lowest BCUT2D eigenvalue weighted by molar-refractivity contribution is -0.151. The third kappa shape index (κ3) is 3.79. The summed E-state index contributed by atoms with van der Waals surface area (Å²) < 4.78 is 79.4. The molecule has 106 valence electrons. The van der Waals surface area contributed by atoms with Crippen LogP contribution in [-0.4, -0.2) is 36.5 Å². The largest absolute Gasteiger partial charge is 0.396 e. The Kier molecular flexibility index (Phi) is 5.51. The Morgan fingerprint density at radius 1 is 1.28 bits per heavy atom. The van der Waals surface area contributed by atoms with Gasteiger partial charge in [0.1, 0.15) is 4.91 Å². The van der Waals surface area contributed by atoms with Gasteiger partial charge in [0.05, 0.1) is 0 Å². The van der Waals surface area contributed by atoms with Gasteiger partial charge in [-0.1, -0.05) is 13.0 Å². The van der Waals surface area contributed by atoms with Gasteiger partial charge in [0.25, 0.3) is 10.1 Å². The SMILES string of the molecule is CCCO.O=S(=O)(O)C1=CC=CC(F)(F)C1(F)F. The molecule has 0 fully saturated rings. The van der Waals surface area contributed by atoms with Crippen molar-refractivity contribution >= 4 is 10.1 Å². The normalized spacial score (nSPS) is 20.7. The fraction of sp³-hybridized carbons (Fsp3) is 0.556. The van der Waals surface area contributed by atoms with Crippen molar-refractivity contribution in [1.82, 2.24) is 0 Å². The quantitative estimate of drug-likeness (QED) is 0.603. The van der Waals surface area contributed by atoms with Gasteiger partial charge in [-0.3, -0.25) is 4.55 Å². The molecule has 0 aromatic heterocycles. The maximum absolute atomic E-state index is 12.7. The summed E-state index contributed by atoms with van der Waals surface area (Å²) in [5.41, 5.74) is 0. The van der Waals surface area contributed by atoms with E-state index in [-0.39, 0.29) is 12.2 Å². The first-order chi connectivity index (χ1) is 8.00. The number of aliphatic hydroxyl groups excluding tert-OH is 1. The molecule has 1 aliphatic carbocycles. The van der Waals surface area contributed by atoms with Gasteiger partial charge < -0.3 is 5.11 Å². The molecular formula is C9H12F4O4S. The average molecular weight is 292 g/mol. The smallest absolute Gasteiger partial charge is 0.351 e. The zero-order valence-corrected chi connectivity index (χ0v) is 10.1. The van der Waals surface area contributed by atoms with Gasteiger partial charge >= 0.3 is 11.8 Å². The van der Waals surface area contributed by atoms with Crippen molar-refractivity contribution in [2.75, 3.05) is 6.61 Å². The standard InChI is InChI=1S/C6H4F4O3S.C3H8O/c7-5(8)3-1-2-4(6(5,9)10)14(11,12)13;1-2-3-4/h1-3H,(H,11,12,13);4H,2-3H2,1H3. The average Bonchev–Trinajstić information content (AvgIpc) is 2.21. The molecule has 0 spiro atoms. The number of aliphatic hydroxyl groups is 1.